The molecule has 0 radical (unpaired) electrons. The van der Waals surface area contributed by atoms with Gasteiger partial charge in [-0.25, -0.2) is 4.39 Å². The number of unbranched alkanes of at least 4 members (excludes halogenated alkanes) is 1. The standard InChI is InChI=1S/C29H35FN2O2/c1-3-15-32(20-24-18-26(24)27-19-25(30)12-13-28(27)34-2)16-7-6-14-31-29(33)23-11-10-21-8-4-5-9-22(21)17-23/h4-5,8-13,17,19,24,26H,3,6-7,14-16,18,20H2,1-2H3,(H,31,33). The number of carbonyl (C=O) groups is 1. The van der Waals surface area contributed by atoms with Crippen LogP contribution in [0.5, 0.6) is 5.75 Å². The molecule has 0 heterocycles. The van der Waals surface area contributed by atoms with E-state index in [1.54, 1.807) is 19.2 Å². The number of carbonyl (C=O) groups excluding carboxylic acids is 1. The van der Waals surface area contributed by atoms with Crippen molar-refractivity contribution in [2.45, 2.75) is 38.5 Å². The van der Waals surface area contributed by atoms with Crippen LogP contribution >= 0.6 is 0 Å². The predicted octanol–water partition coefficient (Wildman–Crippen LogP) is 6.01. The summed E-state index contributed by atoms with van der Waals surface area (Å²) in [4.78, 5) is 15.0. The molecule has 4 rings (SSSR count). The van der Waals surface area contributed by atoms with E-state index in [4.69, 9.17) is 4.74 Å². The van der Waals surface area contributed by atoms with Crippen LogP contribution in [0.25, 0.3) is 10.8 Å². The van der Waals surface area contributed by atoms with Gasteiger partial charge in [-0.05, 0) is 91.7 Å². The topological polar surface area (TPSA) is 41.6 Å². The van der Waals surface area contributed by atoms with Gasteiger partial charge in [-0.2, -0.15) is 0 Å². The molecular weight excluding hydrogens is 427 g/mol. The lowest BCUT2D eigenvalue weighted by Gasteiger charge is -2.22. The maximum absolute atomic E-state index is 13.8. The van der Waals surface area contributed by atoms with Gasteiger partial charge in [-0.1, -0.05) is 37.3 Å². The van der Waals surface area contributed by atoms with Crippen molar-refractivity contribution in [1.82, 2.24) is 10.2 Å². The molecule has 1 amide bonds. The van der Waals surface area contributed by atoms with E-state index in [1.165, 1.54) is 6.07 Å². The Labute approximate surface area is 202 Å². The van der Waals surface area contributed by atoms with Crippen molar-refractivity contribution in [2.75, 3.05) is 33.3 Å². The Bertz CT molecular complexity index is 1120. The number of halogens is 1. The summed E-state index contributed by atoms with van der Waals surface area (Å²) in [5.74, 6) is 1.51. The fourth-order valence-corrected chi connectivity index (χ4v) is 4.86. The fraction of sp³-hybridized carbons (Fsp3) is 0.414. The second-order valence-electron chi connectivity index (χ2n) is 9.31. The Hall–Kier alpha value is -2.92. The molecule has 1 N–H and O–H groups in total. The monoisotopic (exact) mass is 462 g/mol. The number of benzene rings is 3. The molecule has 0 bridgehead atoms. The van der Waals surface area contributed by atoms with Crippen LogP contribution in [0.4, 0.5) is 4.39 Å². The normalized spacial score (nSPS) is 17.2. The number of rotatable bonds is 12. The minimum atomic E-state index is -0.197. The van der Waals surface area contributed by atoms with E-state index in [9.17, 15) is 9.18 Å². The third-order valence-electron chi connectivity index (χ3n) is 6.74. The lowest BCUT2D eigenvalue weighted by molar-refractivity contribution is 0.0952. The van der Waals surface area contributed by atoms with Gasteiger partial charge in [0.15, 0.2) is 0 Å². The molecule has 0 saturated heterocycles. The second-order valence-corrected chi connectivity index (χ2v) is 9.31. The van der Waals surface area contributed by atoms with Gasteiger partial charge in [0, 0.05) is 24.2 Å². The average Bonchev–Trinajstić information content (AvgIpc) is 3.62. The zero-order valence-electron chi connectivity index (χ0n) is 20.2. The highest BCUT2D eigenvalue weighted by Gasteiger charge is 2.40. The van der Waals surface area contributed by atoms with E-state index in [2.05, 4.69) is 23.2 Å². The van der Waals surface area contributed by atoms with Gasteiger partial charge in [0.25, 0.3) is 5.91 Å². The molecule has 2 atom stereocenters. The van der Waals surface area contributed by atoms with E-state index in [0.717, 1.165) is 67.4 Å². The Morgan fingerprint density at radius 1 is 1.06 bits per heavy atom. The number of nitrogens with one attached hydrogen (secondary N) is 1. The van der Waals surface area contributed by atoms with Crippen LogP contribution in [-0.4, -0.2) is 44.1 Å². The largest absolute Gasteiger partial charge is 0.496 e. The lowest BCUT2D eigenvalue weighted by atomic mass is 10.1. The number of amides is 1. The zero-order chi connectivity index (χ0) is 23.9. The van der Waals surface area contributed by atoms with Crippen molar-refractivity contribution >= 4 is 16.7 Å². The highest BCUT2D eigenvalue weighted by molar-refractivity contribution is 5.98. The first-order chi connectivity index (χ1) is 16.6. The first kappa shape index (κ1) is 24.2. The number of methoxy groups -OCH3 is 1. The average molecular weight is 463 g/mol. The van der Waals surface area contributed by atoms with Gasteiger partial charge in [-0.15, -0.1) is 0 Å². The number of fused-ring (bicyclic) bond motifs is 1. The molecule has 1 aliphatic rings. The van der Waals surface area contributed by atoms with Crippen LogP contribution in [0.1, 0.15) is 54.4 Å². The summed E-state index contributed by atoms with van der Waals surface area (Å²) in [7, 11) is 1.65. The van der Waals surface area contributed by atoms with Gasteiger partial charge in [-0.3, -0.25) is 4.79 Å². The smallest absolute Gasteiger partial charge is 0.251 e. The molecule has 1 saturated carbocycles. The van der Waals surface area contributed by atoms with Gasteiger partial charge in [0.05, 0.1) is 7.11 Å². The summed E-state index contributed by atoms with van der Waals surface area (Å²) in [6.45, 7) is 5.99. The van der Waals surface area contributed by atoms with Crippen molar-refractivity contribution in [1.29, 1.82) is 0 Å². The summed E-state index contributed by atoms with van der Waals surface area (Å²) in [5, 5.41) is 5.29. The van der Waals surface area contributed by atoms with Crippen molar-refractivity contribution < 1.29 is 13.9 Å². The summed E-state index contributed by atoms with van der Waals surface area (Å²) in [6, 6.07) is 18.7. The fourth-order valence-electron chi connectivity index (χ4n) is 4.86. The number of hydrogen-bond donors (Lipinski definition) is 1. The molecule has 0 spiro atoms. The van der Waals surface area contributed by atoms with Crippen molar-refractivity contribution in [3.8, 4) is 5.75 Å². The quantitative estimate of drug-likeness (QED) is 0.335. The third kappa shape index (κ3) is 6.15. The van der Waals surface area contributed by atoms with Gasteiger partial charge in [0.1, 0.15) is 11.6 Å². The molecule has 1 aliphatic carbocycles. The molecule has 3 aromatic rings. The van der Waals surface area contributed by atoms with Crippen LogP contribution in [0, 0.1) is 11.7 Å². The molecule has 2 unspecified atom stereocenters. The number of nitrogens with zero attached hydrogens (tertiary/aromatic N) is 1. The Morgan fingerprint density at radius 2 is 1.88 bits per heavy atom. The maximum Gasteiger partial charge on any atom is 0.251 e. The van der Waals surface area contributed by atoms with Gasteiger partial charge in [0.2, 0.25) is 0 Å². The minimum absolute atomic E-state index is 0.0129. The number of hydrogen-bond acceptors (Lipinski definition) is 3. The van der Waals surface area contributed by atoms with E-state index in [-0.39, 0.29) is 11.7 Å². The molecule has 0 aromatic heterocycles. The molecule has 34 heavy (non-hydrogen) atoms. The van der Waals surface area contributed by atoms with E-state index in [1.807, 2.05) is 36.4 Å². The summed E-state index contributed by atoms with van der Waals surface area (Å²) < 4.78 is 19.2. The van der Waals surface area contributed by atoms with E-state index in [0.29, 0.717) is 23.9 Å². The van der Waals surface area contributed by atoms with Crippen LogP contribution in [0.2, 0.25) is 0 Å². The van der Waals surface area contributed by atoms with Crippen LogP contribution in [0.3, 0.4) is 0 Å². The third-order valence-corrected chi connectivity index (χ3v) is 6.74. The summed E-state index contributed by atoms with van der Waals surface area (Å²) in [5.41, 5.74) is 1.71. The van der Waals surface area contributed by atoms with Crippen molar-refractivity contribution in [2.24, 2.45) is 5.92 Å². The summed E-state index contributed by atoms with van der Waals surface area (Å²) in [6.07, 6.45) is 4.19. The van der Waals surface area contributed by atoms with Gasteiger partial charge < -0.3 is 15.0 Å². The van der Waals surface area contributed by atoms with Crippen LogP contribution in [-0.2, 0) is 0 Å². The first-order valence-electron chi connectivity index (χ1n) is 12.4. The predicted molar refractivity (Wildman–Crippen MR) is 136 cm³/mol. The van der Waals surface area contributed by atoms with Crippen LogP contribution < -0.4 is 10.1 Å². The Balaban J connectivity index is 1.21. The minimum Gasteiger partial charge on any atom is -0.496 e. The van der Waals surface area contributed by atoms with E-state index >= 15 is 0 Å². The molecule has 3 aromatic carbocycles. The Kier molecular flexibility index (Phi) is 8.17. The highest BCUT2D eigenvalue weighted by Crippen LogP contribution is 2.50. The van der Waals surface area contributed by atoms with Crippen molar-refractivity contribution in [3.63, 3.8) is 0 Å². The SMILES string of the molecule is CCCN(CCCCNC(=O)c1ccc2ccccc2c1)CC1CC1c1cc(F)ccc1OC. The molecule has 1 fully saturated rings. The van der Waals surface area contributed by atoms with Crippen LogP contribution in [0.15, 0.2) is 60.7 Å². The number of ether oxygens (including phenoxy) is 1. The molecular formula is C29H35FN2O2. The summed E-state index contributed by atoms with van der Waals surface area (Å²) >= 11 is 0. The second kappa shape index (κ2) is 11.5. The molecule has 0 aliphatic heterocycles. The van der Waals surface area contributed by atoms with Gasteiger partial charge >= 0.3 is 0 Å². The van der Waals surface area contributed by atoms with Crippen molar-refractivity contribution in [3.05, 3.63) is 77.6 Å². The molecule has 4 nitrogen and oxygen atoms in total. The zero-order valence-corrected chi connectivity index (χ0v) is 20.2. The van der Waals surface area contributed by atoms with E-state index < -0.39 is 0 Å². The Morgan fingerprint density at radius 3 is 2.68 bits per heavy atom. The molecule has 180 valence electrons. The molecule has 5 heteroatoms. The lowest BCUT2D eigenvalue weighted by Crippen LogP contribution is -2.29. The first-order valence-corrected chi connectivity index (χ1v) is 12.4. The maximum atomic E-state index is 13.8. The highest BCUT2D eigenvalue weighted by atomic mass is 19.1.